The van der Waals surface area contributed by atoms with Crippen molar-refractivity contribution in [1.82, 2.24) is 4.57 Å². The molecule has 0 aliphatic rings. The van der Waals surface area contributed by atoms with Crippen LogP contribution in [0.2, 0.25) is 0 Å². The van der Waals surface area contributed by atoms with Crippen LogP contribution in [0.25, 0.3) is 10.9 Å². The van der Waals surface area contributed by atoms with E-state index in [1.807, 2.05) is 47.0 Å². The number of aromatic nitrogens is 1. The number of nitrogens with zero attached hydrogens (tertiary/aromatic N) is 3. The maximum atomic E-state index is 11.1. The van der Waals surface area contributed by atoms with E-state index in [0.717, 1.165) is 26.5 Å². The lowest BCUT2D eigenvalue weighted by Gasteiger charge is -2.11. The van der Waals surface area contributed by atoms with Gasteiger partial charge in [-0.2, -0.15) is 0 Å². The van der Waals surface area contributed by atoms with E-state index in [4.69, 9.17) is 17.0 Å². The monoisotopic (exact) mass is 522 g/mol. The van der Waals surface area contributed by atoms with Crippen molar-refractivity contribution in [2.75, 3.05) is 12.4 Å². The molecule has 4 rings (SSSR count). The van der Waals surface area contributed by atoms with Gasteiger partial charge in [0.2, 0.25) is 11.0 Å². The number of para-hydroxylation sites is 2. The van der Waals surface area contributed by atoms with E-state index in [2.05, 4.69) is 63.5 Å². The van der Waals surface area contributed by atoms with Gasteiger partial charge in [-0.3, -0.25) is 0 Å². The van der Waals surface area contributed by atoms with Crippen molar-refractivity contribution in [3.8, 4) is 11.6 Å². The Balaban J connectivity index is 1.70. The Kier molecular flexibility index (Phi) is 6.76. The zero-order valence-corrected chi connectivity index (χ0v) is 20.9. The second kappa shape index (κ2) is 9.72. The summed E-state index contributed by atoms with van der Waals surface area (Å²) in [7, 11) is 1.59. The van der Waals surface area contributed by atoms with Crippen molar-refractivity contribution < 1.29 is 9.84 Å². The minimum atomic E-state index is 0.0350. The fraction of sp³-hybridized carbons (Fsp3) is 0.160. The van der Waals surface area contributed by atoms with Crippen LogP contribution in [0.4, 0.5) is 11.4 Å². The van der Waals surface area contributed by atoms with Crippen LogP contribution in [-0.2, 0) is 6.54 Å². The van der Waals surface area contributed by atoms with Gasteiger partial charge in [0, 0.05) is 9.86 Å². The molecule has 4 aromatic rings. The molecule has 3 aromatic carbocycles. The van der Waals surface area contributed by atoms with E-state index < -0.39 is 0 Å². The second-order valence-electron chi connectivity index (χ2n) is 7.68. The molecule has 6 nitrogen and oxygen atoms in total. The summed E-state index contributed by atoms with van der Waals surface area (Å²) in [5.74, 6) is 0.680. The maximum Gasteiger partial charge on any atom is 0.221 e. The smallest absolute Gasteiger partial charge is 0.221 e. The number of aromatic hydroxyl groups is 1. The molecular formula is C25H23BrN4O2S. The molecule has 8 heteroatoms. The fourth-order valence-corrected chi connectivity index (χ4v) is 4.19. The van der Waals surface area contributed by atoms with Gasteiger partial charge in [-0.05, 0) is 67.5 Å². The number of thiocarbonyl (C=S) groups is 1. The first-order valence-electron chi connectivity index (χ1n) is 10.3. The highest BCUT2D eigenvalue weighted by Gasteiger charge is 2.18. The van der Waals surface area contributed by atoms with Gasteiger partial charge in [-0.25, -0.2) is 0 Å². The first kappa shape index (κ1) is 22.9. The number of hydrogen-bond donors (Lipinski definition) is 2. The minimum absolute atomic E-state index is 0.0350. The van der Waals surface area contributed by atoms with Crippen molar-refractivity contribution in [3.05, 3.63) is 81.8 Å². The van der Waals surface area contributed by atoms with E-state index in [1.165, 1.54) is 5.56 Å². The Bertz CT molecular complexity index is 1380. The van der Waals surface area contributed by atoms with Crippen LogP contribution < -0.4 is 10.1 Å². The van der Waals surface area contributed by atoms with Crippen molar-refractivity contribution in [1.29, 1.82) is 0 Å². The molecule has 0 amide bonds. The number of halogens is 1. The van der Waals surface area contributed by atoms with Gasteiger partial charge in [0.1, 0.15) is 5.75 Å². The number of benzene rings is 3. The summed E-state index contributed by atoms with van der Waals surface area (Å²) in [5.41, 5.74) is 5.36. The largest absolute Gasteiger partial charge is 0.495 e. The van der Waals surface area contributed by atoms with Crippen molar-refractivity contribution in [2.45, 2.75) is 20.4 Å². The summed E-state index contributed by atoms with van der Waals surface area (Å²) in [6.07, 6.45) is 0. The van der Waals surface area contributed by atoms with Gasteiger partial charge < -0.3 is 19.7 Å². The van der Waals surface area contributed by atoms with Gasteiger partial charge in [-0.1, -0.05) is 51.8 Å². The molecular weight excluding hydrogens is 500 g/mol. The van der Waals surface area contributed by atoms with Crippen molar-refractivity contribution >= 4 is 55.5 Å². The molecule has 1 aromatic heterocycles. The Hall–Kier alpha value is -3.23. The average Bonchev–Trinajstić information content (AvgIpc) is 3.05. The highest BCUT2D eigenvalue weighted by atomic mass is 79.9. The number of fused-ring (bicyclic) bond motifs is 1. The van der Waals surface area contributed by atoms with Gasteiger partial charge in [-0.15, -0.1) is 10.2 Å². The lowest BCUT2D eigenvalue weighted by Crippen LogP contribution is -2.06. The molecule has 0 radical (unpaired) electrons. The normalized spacial score (nSPS) is 11.3. The number of aryl methyl sites for hydroxylation is 2. The molecule has 0 aliphatic heterocycles. The van der Waals surface area contributed by atoms with Gasteiger partial charge >= 0.3 is 0 Å². The van der Waals surface area contributed by atoms with E-state index >= 15 is 0 Å². The standard InChI is InChI=1S/C25H23BrN4O2S/c1-15-8-9-16(2)17(12-15)14-30-21-11-10-18(26)13-19(21)23(24(30)31)28-29-25(33)27-20-6-4-5-7-22(20)32-3/h4-13,31H,14H2,1-3H3,(H,27,33). The average molecular weight is 523 g/mol. The summed E-state index contributed by atoms with van der Waals surface area (Å²) >= 11 is 8.87. The molecule has 168 valence electrons. The third kappa shape index (κ3) is 4.91. The number of ether oxygens (including phenoxy) is 1. The molecule has 0 saturated heterocycles. The molecule has 0 saturated carbocycles. The Morgan fingerprint density at radius 1 is 1.12 bits per heavy atom. The van der Waals surface area contributed by atoms with Crippen molar-refractivity contribution in [2.24, 2.45) is 10.2 Å². The predicted octanol–water partition coefficient (Wildman–Crippen LogP) is 7.26. The molecule has 1 heterocycles. The zero-order chi connectivity index (χ0) is 23.5. The van der Waals surface area contributed by atoms with Crippen LogP contribution >= 0.6 is 28.1 Å². The van der Waals surface area contributed by atoms with Gasteiger partial charge in [0.25, 0.3) is 0 Å². The molecule has 33 heavy (non-hydrogen) atoms. The second-order valence-corrected chi connectivity index (χ2v) is 8.98. The van der Waals surface area contributed by atoms with Crippen LogP contribution in [0.5, 0.6) is 11.6 Å². The third-order valence-corrected chi connectivity index (χ3v) is 6.07. The molecule has 0 fully saturated rings. The van der Waals surface area contributed by atoms with Crippen LogP contribution in [0.1, 0.15) is 16.7 Å². The summed E-state index contributed by atoms with van der Waals surface area (Å²) in [6.45, 7) is 4.64. The first-order valence-corrected chi connectivity index (χ1v) is 11.5. The number of hydrogen-bond acceptors (Lipinski definition) is 4. The topological polar surface area (TPSA) is 71.1 Å². The third-order valence-electron chi connectivity index (χ3n) is 5.39. The van der Waals surface area contributed by atoms with Gasteiger partial charge in [0.15, 0.2) is 5.69 Å². The number of anilines is 1. The molecule has 2 N–H and O–H groups in total. The van der Waals surface area contributed by atoms with Gasteiger partial charge in [0.05, 0.1) is 24.9 Å². The lowest BCUT2D eigenvalue weighted by atomic mass is 10.1. The summed E-state index contributed by atoms with van der Waals surface area (Å²) in [6, 6.07) is 19.5. The summed E-state index contributed by atoms with van der Waals surface area (Å²) in [5, 5.41) is 23.5. The minimum Gasteiger partial charge on any atom is -0.495 e. The number of rotatable bonds is 5. The summed E-state index contributed by atoms with van der Waals surface area (Å²) < 4.78 is 8.06. The maximum absolute atomic E-state index is 11.1. The first-order chi connectivity index (χ1) is 15.9. The highest BCUT2D eigenvalue weighted by molar-refractivity contribution is 9.10. The van der Waals surface area contributed by atoms with E-state index in [1.54, 1.807) is 7.11 Å². The van der Waals surface area contributed by atoms with Crippen LogP contribution in [0, 0.1) is 13.8 Å². The van der Waals surface area contributed by atoms with E-state index in [0.29, 0.717) is 23.7 Å². The van der Waals surface area contributed by atoms with E-state index in [-0.39, 0.29) is 11.0 Å². The summed E-state index contributed by atoms with van der Waals surface area (Å²) in [4.78, 5) is 0. The predicted molar refractivity (Wildman–Crippen MR) is 140 cm³/mol. The van der Waals surface area contributed by atoms with Crippen molar-refractivity contribution in [3.63, 3.8) is 0 Å². The lowest BCUT2D eigenvalue weighted by molar-refractivity contribution is 0.417. The molecule has 0 unspecified atom stereocenters. The fourth-order valence-electron chi connectivity index (χ4n) is 3.68. The number of nitrogens with one attached hydrogen (secondary N) is 1. The van der Waals surface area contributed by atoms with Crippen LogP contribution in [0.15, 0.2) is 75.4 Å². The SMILES string of the molecule is COc1ccccc1NC(=S)N=Nc1c(O)n(Cc2cc(C)ccc2C)c2ccc(Br)cc12. The molecule has 0 aliphatic carbocycles. The Labute approximate surface area is 206 Å². The highest BCUT2D eigenvalue weighted by Crippen LogP contribution is 2.40. The number of methoxy groups -OCH3 is 1. The Morgan fingerprint density at radius 2 is 1.91 bits per heavy atom. The Morgan fingerprint density at radius 3 is 2.70 bits per heavy atom. The van der Waals surface area contributed by atoms with Crippen LogP contribution in [0.3, 0.4) is 0 Å². The quantitative estimate of drug-likeness (QED) is 0.213. The number of azo groups is 1. The van der Waals surface area contributed by atoms with Crippen LogP contribution in [-0.4, -0.2) is 21.9 Å². The molecule has 0 bridgehead atoms. The molecule has 0 spiro atoms. The molecule has 0 atom stereocenters. The van der Waals surface area contributed by atoms with E-state index in [9.17, 15) is 5.11 Å². The zero-order valence-electron chi connectivity index (χ0n) is 18.5.